The maximum atomic E-state index is 12.1. The van der Waals surface area contributed by atoms with Crippen LogP contribution in [-0.4, -0.2) is 5.78 Å². The standard InChI is InChI=1S/C16H12BrNO/c17-15-9-5-4-8-14(15)13(11-18)10-16(19)12-6-2-1-3-7-12/h1-9,13H,10H2. The molecule has 1 atom stereocenters. The zero-order valence-electron chi connectivity index (χ0n) is 10.2. The highest BCUT2D eigenvalue weighted by Gasteiger charge is 2.18. The quantitative estimate of drug-likeness (QED) is 0.788. The molecule has 0 heterocycles. The van der Waals surface area contributed by atoms with E-state index in [0.29, 0.717) is 5.56 Å². The molecule has 2 rings (SSSR count). The molecule has 0 aliphatic carbocycles. The predicted molar refractivity (Wildman–Crippen MR) is 77.9 cm³/mol. The molecule has 0 fully saturated rings. The van der Waals surface area contributed by atoms with Gasteiger partial charge in [-0.15, -0.1) is 0 Å². The summed E-state index contributed by atoms with van der Waals surface area (Å²) >= 11 is 3.42. The fourth-order valence-electron chi connectivity index (χ4n) is 1.91. The highest BCUT2D eigenvalue weighted by Crippen LogP contribution is 2.27. The van der Waals surface area contributed by atoms with Crippen LogP contribution in [0.5, 0.6) is 0 Å². The Balaban J connectivity index is 2.20. The smallest absolute Gasteiger partial charge is 0.164 e. The van der Waals surface area contributed by atoms with Crippen LogP contribution in [0.1, 0.15) is 28.3 Å². The van der Waals surface area contributed by atoms with E-state index in [0.717, 1.165) is 10.0 Å². The molecule has 19 heavy (non-hydrogen) atoms. The van der Waals surface area contributed by atoms with Crippen LogP contribution in [0, 0.1) is 11.3 Å². The fraction of sp³-hybridized carbons (Fsp3) is 0.125. The molecule has 2 aromatic rings. The number of ketones is 1. The van der Waals surface area contributed by atoms with Gasteiger partial charge in [0.25, 0.3) is 0 Å². The van der Waals surface area contributed by atoms with Crippen molar-refractivity contribution in [2.45, 2.75) is 12.3 Å². The number of Topliss-reactive ketones (excluding diaryl/α,β-unsaturated/α-hetero) is 1. The Kier molecular flexibility index (Phi) is 4.48. The molecule has 0 aliphatic heterocycles. The Hall–Kier alpha value is -1.92. The number of hydrogen-bond acceptors (Lipinski definition) is 2. The van der Waals surface area contributed by atoms with Crippen LogP contribution in [0.15, 0.2) is 59.1 Å². The van der Waals surface area contributed by atoms with Gasteiger partial charge in [-0.25, -0.2) is 0 Å². The summed E-state index contributed by atoms with van der Waals surface area (Å²) in [5.41, 5.74) is 1.50. The number of nitrogens with zero attached hydrogens (tertiary/aromatic N) is 1. The minimum Gasteiger partial charge on any atom is -0.294 e. The highest BCUT2D eigenvalue weighted by atomic mass is 79.9. The molecular weight excluding hydrogens is 302 g/mol. The van der Waals surface area contributed by atoms with Crippen LogP contribution >= 0.6 is 15.9 Å². The molecule has 0 aromatic heterocycles. The number of rotatable bonds is 4. The zero-order chi connectivity index (χ0) is 13.7. The second-order valence-corrected chi connectivity index (χ2v) is 5.05. The number of benzene rings is 2. The number of halogens is 1. The van der Waals surface area contributed by atoms with E-state index in [1.54, 1.807) is 12.1 Å². The molecule has 3 heteroatoms. The Bertz CT molecular complexity index is 616. The van der Waals surface area contributed by atoms with Gasteiger partial charge in [-0.1, -0.05) is 64.5 Å². The van der Waals surface area contributed by atoms with E-state index in [4.69, 9.17) is 0 Å². The lowest BCUT2D eigenvalue weighted by atomic mass is 9.93. The molecule has 2 aromatic carbocycles. The van der Waals surface area contributed by atoms with Gasteiger partial charge < -0.3 is 0 Å². The zero-order valence-corrected chi connectivity index (χ0v) is 11.8. The van der Waals surface area contributed by atoms with E-state index in [1.807, 2.05) is 42.5 Å². The van der Waals surface area contributed by atoms with Gasteiger partial charge in [0.05, 0.1) is 12.0 Å². The van der Waals surface area contributed by atoms with Crippen LogP contribution in [0.2, 0.25) is 0 Å². The first-order chi connectivity index (χ1) is 9.22. The molecular formula is C16H12BrNO. The van der Waals surface area contributed by atoms with Crippen LogP contribution in [0.4, 0.5) is 0 Å². The molecule has 0 aliphatic rings. The molecule has 0 N–H and O–H groups in total. The van der Waals surface area contributed by atoms with E-state index in [-0.39, 0.29) is 12.2 Å². The SMILES string of the molecule is N#CC(CC(=O)c1ccccc1)c1ccccc1Br. The summed E-state index contributed by atoms with van der Waals surface area (Å²) in [5.74, 6) is -0.439. The molecule has 94 valence electrons. The van der Waals surface area contributed by atoms with E-state index < -0.39 is 5.92 Å². The normalized spacial score (nSPS) is 11.6. The van der Waals surface area contributed by atoms with E-state index >= 15 is 0 Å². The third kappa shape index (κ3) is 3.30. The fourth-order valence-corrected chi connectivity index (χ4v) is 2.47. The van der Waals surface area contributed by atoms with Gasteiger partial charge in [-0.05, 0) is 11.6 Å². The van der Waals surface area contributed by atoms with Crippen molar-refractivity contribution in [1.82, 2.24) is 0 Å². The Morgan fingerprint density at radius 2 is 1.74 bits per heavy atom. The molecule has 0 amide bonds. The van der Waals surface area contributed by atoms with Gasteiger partial charge in [0.2, 0.25) is 0 Å². The minimum atomic E-state index is -0.428. The molecule has 0 saturated carbocycles. The second kappa shape index (κ2) is 6.31. The third-order valence-corrected chi connectivity index (χ3v) is 3.64. The van der Waals surface area contributed by atoms with Gasteiger partial charge in [0, 0.05) is 16.5 Å². The van der Waals surface area contributed by atoms with Crippen LogP contribution < -0.4 is 0 Å². The number of carbonyl (C=O) groups excluding carboxylic acids is 1. The molecule has 0 saturated heterocycles. The van der Waals surface area contributed by atoms with Crippen molar-refractivity contribution in [2.24, 2.45) is 0 Å². The minimum absolute atomic E-state index is 0.0112. The van der Waals surface area contributed by atoms with Crippen molar-refractivity contribution in [3.8, 4) is 6.07 Å². The molecule has 1 unspecified atom stereocenters. The van der Waals surface area contributed by atoms with Crippen LogP contribution in [-0.2, 0) is 0 Å². The van der Waals surface area contributed by atoms with Gasteiger partial charge in [0.1, 0.15) is 0 Å². The van der Waals surface area contributed by atoms with Gasteiger partial charge >= 0.3 is 0 Å². The summed E-state index contributed by atoms with van der Waals surface area (Å²) < 4.78 is 0.863. The third-order valence-electron chi connectivity index (χ3n) is 2.92. The highest BCUT2D eigenvalue weighted by molar-refractivity contribution is 9.10. The summed E-state index contributed by atoms with van der Waals surface area (Å²) in [5, 5.41) is 9.28. The summed E-state index contributed by atoms with van der Waals surface area (Å²) in [6.45, 7) is 0. The van der Waals surface area contributed by atoms with Gasteiger partial charge in [-0.2, -0.15) is 5.26 Å². The average molecular weight is 314 g/mol. The lowest BCUT2D eigenvalue weighted by Gasteiger charge is -2.10. The number of hydrogen-bond donors (Lipinski definition) is 0. The lowest BCUT2D eigenvalue weighted by molar-refractivity contribution is 0.0979. The maximum Gasteiger partial charge on any atom is 0.164 e. The van der Waals surface area contributed by atoms with Crippen molar-refractivity contribution in [1.29, 1.82) is 5.26 Å². The molecule has 0 bridgehead atoms. The average Bonchev–Trinajstić information content (AvgIpc) is 2.46. The second-order valence-electron chi connectivity index (χ2n) is 4.20. The topological polar surface area (TPSA) is 40.9 Å². The predicted octanol–water partition coefficient (Wildman–Crippen LogP) is 4.33. The first kappa shape index (κ1) is 13.5. The molecule has 0 spiro atoms. The lowest BCUT2D eigenvalue weighted by Crippen LogP contribution is -2.06. The summed E-state index contributed by atoms with van der Waals surface area (Å²) in [6.07, 6.45) is 0.198. The summed E-state index contributed by atoms with van der Waals surface area (Å²) in [6, 6.07) is 18.8. The Morgan fingerprint density at radius 1 is 1.11 bits per heavy atom. The van der Waals surface area contributed by atoms with Crippen molar-refractivity contribution in [3.05, 3.63) is 70.2 Å². The van der Waals surface area contributed by atoms with E-state index in [2.05, 4.69) is 22.0 Å². The Morgan fingerprint density at radius 3 is 2.37 bits per heavy atom. The van der Waals surface area contributed by atoms with Crippen molar-refractivity contribution >= 4 is 21.7 Å². The van der Waals surface area contributed by atoms with Gasteiger partial charge in [0.15, 0.2) is 5.78 Å². The molecule has 0 radical (unpaired) electrons. The summed E-state index contributed by atoms with van der Waals surface area (Å²) in [4.78, 5) is 12.1. The molecule has 2 nitrogen and oxygen atoms in total. The first-order valence-corrected chi connectivity index (χ1v) is 6.74. The van der Waals surface area contributed by atoms with Gasteiger partial charge in [-0.3, -0.25) is 4.79 Å². The van der Waals surface area contributed by atoms with Crippen LogP contribution in [0.3, 0.4) is 0 Å². The van der Waals surface area contributed by atoms with Crippen molar-refractivity contribution in [2.75, 3.05) is 0 Å². The first-order valence-electron chi connectivity index (χ1n) is 5.94. The van der Waals surface area contributed by atoms with E-state index in [1.165, 1.54) is 0 Å². The summed E-state index contributed by atoms with van der Waals surface area (Å²) in [7, 11) is 0. The van der Waals surface area contributed by atoms with Crippen molar-refractivity contribution in [3.63, 3.8) is 0 Å². The Labute approximate surface area is 120 Å². The largest absolute Gasteiger partial charge is 0.294 e. The monoisotopic (exact) mass is 313 g/mol. The maximum absolute atomic E-state index is 12.1. The van der Waals surface area contributed by atoms with E-state index in [9.17, 15) is 10.1 Å². The van der Waals surface area contributed by atoms with Crippen LogP contribution in [0.25, 0.3) is 0 Å². The number of carbonyl (C=O) groups is 1. The number of nitriles is 1. The van der Waals surface area contributed by atoms with Crippen molar-refractivity contribution < 1.29 is 4.79 Å².